The van der Waals surface area contributed by atoms with E-state index in [1.165, 1.54) is 11.3 Å². The molecule has 3 rings (SSSR count). The number of hydrogen-bond acceptors (Lipinski definition) is 7. The Balaban J connectivity index is 0.000000423. The van der Waals surface area contributed by atoms with Crippen LogP contribution in [-0.4, -0.2) is 63.4 Å². The molecule has 0 aliphatic carbocycles. The molecule has 1 aliphatic rings. The number of carbonyl (C=O) groups is 2. The number of hydrogen-bond donors (Lipinski definition) is 1. The number of rotatable bonds is 5. The molecule has 0 bridgehead atoms. The number of halogens is 3. The number of alkyl halides is 3. The van der Waals surface area contributed by atoms with Crippen LogP contribution in [0.4, 0.5) is 24.8 Å². The quantitative estimate of drug-likeness (QED) is 0.725. The first-order chi connectivity index (χ1) is 14.5. The van der Waals surface area contributed by atoms with Crippen LogP contribution in [0.15, 0.2) is 12.1 Å². The topological polar surface area (TPSA) is 99.5 Å². The number of carboxylic acids is 1. The Morgan fingerprint density at radius 3 is 2.52 bits per heavy atom. The van der Waals surface area contributed by atoms with Crippen LogP contribution < -0.4 is 4.90 Å². The summed E-state index contributed by atoms with van der Waals surface area (Å²) in [5.41, 5.74) is 0.891. The first-order valence-electron chi connectivity index (χ1n) is 9.67. The van der Waals surface area contributed by atoms with Crippen LogP contribution in [-0.2, 0) is 11.2 Å². The lowest BCUT2D eigenvalue weighted by Gasteiger charge is -2.25. The van der Waals surface area contributed by atoms with Crippen molar-refractivity contribution < 1.29 is 27.9 Å². The highest BCUT2D eigenvalue weighted by atomic mass is 32.1. The van der Waals surface area contributed by atoms with E-state index in [1.54, 1.807) is 4.90 Å². The van der Waals surface area contributed by atoms with Crippen molar-refractivity contribution in [3.63, 3.8) is 0 Å². The van der Waals surface area contributed by atoms with Gasteiger partial charge in [0, 0.05) is 25.0 Å². The van der Waals surface area contributed by atoms with E-state index < -0.39 is 12.1 Å². The van der Waals surface area contributed by atoms with Gasteiger partial charge in [-0.3, -0.25) is 4.79 Å². The fraction of sp³-hybridized carbons (Fsp3) is 0.526. The standard InChI is InChI=1S/C17H23N5OS.C2HF3O2/c1-4-5-10-21(3)17(23)16-18-15-13(24-16)7-6-11-22(15)14-9-8-12(2)19-20-14;3-2(4,5)1(6)7/h8-9H,4-7,10-11H2,1-3H3;(H,6,7). The van der Waals surface area contributed by atoms with Gasteiger partial charge in [-0.15, -0.1) is 16.4 Å². The van der Waals surface area contributed by atoms with Gasteiger partial charge in [0.25, 0.3) is 5.91 Å². The number of aromatic nitrogens is 3. The molecular weight excluding hydrogens is 435 g/mol. The van der Waals surface area contributed by atoms with Crippen LogP contribution in [0, 0.1) is 6.92 Å². The lowest BCUT2D eigenvalue weighted by atomic mass is 10.2. The summed E-state index contributed by atoms with van der Waals surface area (Å²) in [6.45, 7) is 5.67. The van der Waals surface area contributed by atoms with Crippen LogP contribution in [0.2, 0.25) is 0 Å². The SMILES string of the molecule is CCCCN(C)C(=O)c1nc2c(s1)CCCN2c1ccc(C)nn1.O=C(O)C(F)(F)F. The Bertz CT molecular complexity index is 902. The van der Waals surface area contributed by atoms with Gasteiger partial charge in [-0.2, -0.15) is 18.3 Å². The van der Waals surface area contributed by atoms with Crippen molar-refractivity contribution >= 4 is 34.8 Å². The predicted octanol–water partition coefficient (Wildman–Crippen LogP) is 3.83. The summed E-state index contributed by atoms with van der Waals surface area (Å²) in [4.78, 5) is 31.1. The molecule has 0 saturated carbocycles. The van der Waals surface area contributed by atoms with Crippen LogP contribution in [0.1, 0.15) is 46.6 Å². The van der Waals surface area contributed by atoms with Crippen LogP contribution >= 0.6 is 11.3 Å². The Labute approximate surface area is 181 Å². The number of unbranched alkanes of at least 4 members (excludes halogenated alkanes) is 1. The van der Waals surface area contributed by atoms with E-state index >= 15 is 0 Å². The lowest BCUT2D eigenvalue weighted by Crippen LogP contribution is -2.28. The second-order valence-electron chi connectivity index (χ2n) is 6.94. The summed E-state index contributed by atoms with van der Waals surface area (Å²) >= 11 is 1.51. The largest absolute Gasteiger partial charge is 0.490 e. The minimum atomic E-state index is -5.08. The molecule has 1 amide bonds. The van der Waals surface area contributed by atoms with Crippen molar-refractivity contribution in [3.05, 3.63) is 27.7 Å². The number of fused-ring (bicyclic) bond motifs is 1. The molecular formula is C19H24F3N5O3S. The maximum absolute atomic E-state index is 12.6. The number of thiazole rings is 1. The monoisotopic (exact) mass is 459 g/mol. The fourth-order valence-corrected chi connectivity index (χ4v) is 3.83. The molecule has 0 unspecified atom stereocenters. The minimum Gasteiger partial charge on any atom is -0.475 e. The number of amides is 1. The summed E-state index contributed by atoms with van der Waals surface area (Å²) < 4.78 is 31.7. The van der Waals surface area contributed by atoms with E-state index in [4.69, 9.17) is 9.90 Å². The van der Waals surface area contributed by atoms with E-state index in [1.807, 2.05) is 26.1 Å². The normalized spacial score (nSPS) is 13.2. The van der Waals surface area contributed by atoms with Gasteiger partial charge in [0.05, 0.1) is 5.69 Å². The average molecular weight is 459 g/mol. The molecule has 0 aromatic carbocycles. The molecule has 0 saturated heterocycles. The lowest BCUT2D eigenvalue weighted by molar-refractivity contribution is -0.192. The van der Waals surface area contributed by atoms with Gasteiger partial charge in [0.15, 0.2) is 10.8 Å². The molecule has 31 heavy (non-hydrogen) atoms. The number of carbonyl (C=O) groups excluding carboxylic acids is 1. The molecule has 0 spiro atoms. The van der Waals surface area contributed by atoms with Gasteiger partial charge in [0.1, 0.15) is 5.82 Å². The van der Waals surface area contributed by atoms with Crippen molar-refractivity contribution in [2.24, 2.45) is 0 Å². The summed E-state index contributed by atoms with van der Waals surface area (Å²) in [6.07, 6.45) is -0.997. The third-order valence-electron chi connectivity index (χ3n) is 4.40. The average Bonchev–Trinajstić information content (AvgIpc) is 3.16. The van der Waals surface area contributed by atoms with Gasteiger partial charge in [-0.1, -0.05) is 13.3 Å². The highest BCUT2D eigenvalue weighted by Crippen LogP contribution is 2.35. The van der Waals surface area contributed by atoms with E-state index in [-0.39, 0.29) is 5.91 Å². The number of nitrogens with zero attached hydrogens (tertiary/aromatic N) is 5. The summed E-state index contributed by atoms with van der Waals surface area (Å²) in [5.74, 6) is -1.08. The predicted molar refractivity (Wildman–Crippen MR) is 110 cm³/mol. The molecule has 0 atom stereocenters. The number of anilines is 2. The first-order valence-corrected chi connectivity index (χ1v) is 10.5. The summed E-state index contributed by atoms with van der Waals surface area (Å²) in [7, 11) is 1.85. The van der Waals surface area contributed by atoms with E-state index in [9.17, 15) is 18.0 Å². The Morgan fingerprint density at radius 1 is 1.29 bits per heavy atom. The van der Waals surface area contributed by atoms with Gasteiger partial charge in [-0.25, -0.2) is 9.78 Å². The van der Waals surface area contributed by atoms with Crippen LogP contribution in [0.25, 0.3) is 0 Å². The van der Waals surface area contributed by atoms with E-state index in [2.05, 4.69) is 27.0 Å². The van der Waals surface area contributed by atoms with Crippen LogP contribution in [0.3, 0.4) is 0 Å². The number of aliphatic carboxylic acids is 1. The molecule has 0 radical (unpaired) electrons. The smallest absolute Gasteiger partial charge is 0.475 e. The van der Waals surface area contributed by atoms with Gasteiger partial charge in [-0.05, 0) is 38.3 Å². The third kappa shape index (κ3) is 6.61. The molecule has 12 heteroatoms. The molecule has 1 aliphatic heterocycles. The highest BCUT2D eigenvalue weighted by molar-refractivity contribution is 7.14. The zero-order valence-corrected chi connectivity index (χ0v) is 18.3. The van der Waals surface area contributed by atoms with E-state index in [0.717, 1.165) is 61.0 Å². The van der Waals surface area contributed by atoms with E-state index in [0.29, 0.717) is 5.01 Å². The van der Waals surface area contributed by atoms with Crippen LogP contribution in [0.5, 0.6) is 0 Å². The molecule has 2 aromatic heterocycles. The molecule has 8 nitrogen and oxygen atoms in total. The zero-order chi connectivity index (χ0) is 23.2. The van der Waals surface area contributed by atoms with Crippen molar-refractivity contribution in [2.45, 2.75) is 45.7 Å². The second-order valence-corrected chi connectivity index (χ2v) is 8.02. The molecule has 1 N–H and O–H groups in total. The van der Waals surface area contributed by atoms with Crippen molar-refractivity contribution in [1.82, 2.24) is 20.1 Å². The summed E-state index contributed by atoms with van der Waals surface area (Å²) in [6, 6.07) is 3.92. The fourth-order valence-electron chi connectivity index (χ4n) is 2.73. The minimum absolute atomic E-state index is 0.0118. The maximum atomic E-state index is 12.6. The molecule has 3 heterocycles. The van der Waals surface area contributed by atoms with Gasteiger partial charge < -0.3 is 14.9 Å². The third-order valence-corrected chi connectivity index (χ3v) is 5.49. The number of carboxylic acid groups (broad SMARTS) is 1. The molecule has 170 valence electrons. The van der Waals surface area contributed by atoms with Crippen molar-refractivity contribution in [1.29, 1.82) is 0 Å². The first kappa shape index (κ1) is 24.5. The Kier molecular flexibility index (Phi) is 8.31. The number of aryl methyl sites for hydroxylation is 2. The second kappa shape index (κ2) is 10.5. The molecule has 2 aromatic rings. The van der Waals surface area contributed by atoms with Crippen molar-refractivity contribution in [3.8, 4) is 0 Å². The van der Waals surface area contributed by atoms with Crippen molar-refractivity contribution in [2.75, 3.05) is 25.0 Å². The Morgan fingerprint density at radius 2 is 1.97 bits per heavy atom. The van der Waals surface area contributed by atoms with Gasteiger partial charge in [0.2, 0.25) is 0 Å². The molecule has 0 fully saturated rings. The Hall–Kier alpha value is -2.76. The summed E-state index contributed by atoms with van der Waals surface area (Å²) in [5, 5.41) is 16.1. The zero-order valence-electron chi connectivity index (χ0n) is 17.4. The maximum Gasteiger partial charge on any atom is 0.490 e. The highest BCUT2D eigenvalue weighted by Gasteiger charge is 2.38. The van der Waals surface area contributed by atoms with Gasteiger partial charge >= 0.3 is 12.1 Å².